The molecule has 4 heteroatoms. The van der Waals surface area contributed by atoms with Crippen molar-refractivity contribution in [3.8, 4) is 16.8 Å². The van der Waals surface area contributed by atoms with Gasteiger partial charge in [0.1, 0.15) is 5.82 Å². The van der Waals surface area contributed by atoms with Gasteiger partial charge in [-0.3, -0.25) is 0 Å². The molecule has 2 aromatic heterocycles. The molecule has 0 saturated carbocycles. The minimum atomic E-state index is 0.301. The molecule has 0 amide bonds. The number of hydrogen-bond donors (Lipinski definition) is 1. The van der Waals surface area contributed by atoms with Crippen LogP contribution in [0.1, 0.15) is 11.5 Å². The summed E-state index contributed by atoms with van der Waals surface area (Å²) in [5.74, 6) is 1.33. The van der Waals surface area contributed by atoms with E-state index in [1.165, 1.54) is 16.7 Å². The number of nitrogens with zero attached hydrogens (tertiary/aromatic N) is 3. The molecule has 3 aromatic rings. The number of pyridine rings is 1. The van der Waals surface area contributed by atoms with Gasteiger partial charge < -0.3 is 9.88 Å². The zero-order valence-electron chi connectivity index (χ0n) is 13.0. The van der Waals surface area contributed by atoms with Gasteiger partial charge in [0.05, 0.1) is 12.4 Å². The molecule has 1 N–H and O–H groups in total. The third-order valence-corrected chi connectivity index (χ3v) is 4.72. The van der Waals surface area contributed by atoms with Crippen molar-refractivity contribution < 1.29 is 0 Å². The number of anilines is 1. The molecule has 5 rings (SSSR count). The third kappa shape index (κ3) is 2.00. The Balaban J connectivity index is 1.65. The van der Waals surface area contributed by atoms with Crippen LogP contribution in [-0.4, -0.2) is 20.6 Å². The van der Waals surface area contributed by atoms with Crippen LogP contribution in [0.2, 0.25) is 0 Å². The molecule has 0 spiro atoms. The van der Waals surface area contributed by atoms with Gasteiger partial charge in [0.25, 0.3) is 0 Å². The van der Waals surface area contributed by atoms with Crippen LogP contribution in [0.15, 0.2) is 79.6 Å². The van der Waals surface area contributed by atoms with Crippen molar-refractivity contribution in [2.45, 2.75) is 12.0 Å². The van der Waals surface area contributed by atoms with E-state index >= 15 is 0 Å². The summed E-state index contributed by atoms with van der Waals surface area (Å²) in [7, 11) is 0. The molecular weight excluding hydrogens is 296 g/mol. The molecule has 0 fully saturated rings. The van der Waals surface area contributed by atoms with E-state index in [-0.39, 0.29) is 0 Å². The van der Waals surface area contributed by atoms with E-state index in [1.807, 2.05) is 23.3 Å². The average molecular weight is 312 g/mol. The zero-order valence-corrected chi connectivity index (χ0v) is 13.0. The van der Waals surface area contributed by atoms with E-state index < -0.39 is 0 Å². The number of benzene rings is 1. The summed E-state index contributed by atoms with van der Waals surface area (Å²) in [5, 5.41) is 3.52. The smallest absolute Gasteiger partial charge is 0.130 e. The molecule has 0 saturated heterocycles. The van der Waals surface area contributed by atoms with Gasteiger partial charge in [-0.2, -0.15) is 0 Å². The molecular formula is C20H16N4. The number of hydrogen-bond acceptors (Lipinski definition) is 3. The number of rotatable bonds is 2. The number of imidazole rings is 1. The van der Waals surface area contributed by atoms with Crippen molar-refractivity contribution in [2.75, 3.05) is 5.32 Å². The Morgan fingerprint density at radius 3 is 2.92 bits per heavy atom. The summed E-state index contributed by atoms with van der Waals surface area (Å²) in [6.45, 7) is 0. The molecule has 1 aromatic carbocycles. The molecule has 0 radical (unpaired) electrons. The second-order valence-electron chi connectivity index (χ2n) is 6.11. The van der Waals surface area contributed by atoms with Gasteiger partial charge in [-0.15, -0.1) is 0 Å². The second-order valence-corrected chi connectivity index (χ2v) is 6.11. The Morgan fingerprint density at radius 1 is 1.04 bits per heavy atom. The number of allylic oxidation sites excluding steroid dienone is 2. The molecule has 2 aliphatic rings. The van der Waals surface area contributed by atoms with Crippen molar-refractivity contribution in [3.63, 3.8) is 0 Å². The molecule has 2 unspecified atom stereocenters. The van der Waals surface area contributed by atoms with Gasteiger partial charge in [0.15, 0.2) is 0 Å². The van der Waals surface area contributed by atoms with Crippen molar-refractivity contribution in [1.29, 1.82) is 0 Å². The minimum Gasteiger partial charge on any atom is -0.363 e. The van der Waals surface area contributed by atoms with Gasteiger partial charge in [-0.25, -0.2) is 9.97 Å². The maximum Gasteiger partial charge on any atom is 0.130 e. The lowest BCUT2D eigenvalue weighted by atomic mass is 9.87. The highest BCUT2D eigenvalue weighted by Gasteiger charge is 2.33. The Bertz CT molecular complexity index is 954. The normalized spacial score (nSPS) is 20.5. The summed E-state index contributed by atoms with van der Waals surface area (Å²) < 4.78 is 2.02. The summed E-state index contributed by atoms with van der Waals surface area (Å²) in [6, 6.07) is 11.0. The van der Waals surface area contributed by atoms with Gasteiger partial charge in [0.2, 0.25) is 0 Å². The summed E-state index contributed by atoms with van der Waals surface area (Å²) in [4.78, 5) is 8.69. The molecule has 4 nitrogen and oxygen atoms in total. The maximum absolute atomic E-state index is 4.55. The van der Waals surface area contributed by atoms with Crippen LogP contribution in [0.4, 0.5) is 5.82 Å². The van der Waals surface area contributed by atoms with Crippen LogP contribution >= 0.6 is 0 Å². The number of nitrogens with one attached hydrogen (secondary N) is 1. The first-order valence-electron chi connectivity index (χ1n) is 8.09. The highest BCUT2D eigenvalue weighted by molar-refractivity contribution is 5.77. The van der Waals surface area contributed by atoms with Crippen LogP contribution in [0, 0.1) is 0 Å². The fraction of sp³-hybridized carbons (Fsp3) is 0.100. The van der Waals surface area contributed by atoms with Crippen LogP contribution in [-0.2, 0) is 0 Å². The maximum atomic E-state index is 4.55. The number of fused-ring (bicyclic) bond motifs is 3. The Hall–Kier alpha value is -3.14. The average Bonchev–Trinajstić information content (AvgIpc) is 3.29. The lowest BCUT2D eigenvalue weighted by Crippen LogP contribution is -2.17. The Labute approximate surface area is 140 Å². The van der Waals surface area contributed by atoms with Crippen molar-refractivity contribution in [1.82, 2.24) is 14.5 Å². The van der Waals surface area contributed by atoms with E-state index in [4.69, 9.17) is 0 Å². The largest absolute Gasteiger partial charge is 0.363 e. The fourth-order valence-electron chi connectivity index (χ4n) is 3.60. The molecule has 3 heterocycles. The van der Waals surface area contributed by atoms with E-state index in [0.29, 0.717) is 12.0 Å². The predicted octanol–water partition coefficient (Wildman–Crippen LogP) is 3.94. The van der Waals surface area contributed by atoms with Crippen molar-refractivity contribution in [3.05, 3.63) is 85.1 Å². The van der Waals surface area contributed by atoms with Crippen molar-refractivity contribution in [2.24, 2.45) is 0 Å². The minimum absolute atomic E-state index is 0.301. The Morgan fingerprint density at radius 2 is 2.00 bits per heavy atom. The first kappa shape index (κ1) is 13.3. The molecule has 1 aliphatic carbocycles. The quantitative estimate of drug-likeness (QED) is 0.779. The van der Waals surface area contributed by atoms with Crippen LogP contribution in [0.5, 0.6) is 0 Å². The first-order chi connectivity index (χ1) is 11.9. The van der Waals surface area contributed by atoms with E-state index in [0.717, 1.165) is 11.5 Å². The van der Waals surface area contributed by atoms with Crippen LogP contribution in [0.25, 0.3) is 16.8 Å². The summed E-state index contributed by atoms with van der Waals surface area (Å²) >= 11 is 0. The topological polar surface area (TPSA) is 42.7 Å². The van der Waals surface area contributed by atoms with Crippen molar-refractivity contribution >= 4 is 5.82 Å². The molecule has 1 aliphatic heterocycles. The fourth-order valence-corrected chi connectivity index (χ4v) is 3.60. The van der Waals surface area contributed by atoms with Gasteiger partial charge in [0, 0.05) is 35.8 Å². The van der Waals surface area contributed by atoms with Gasteiger partial charge in [-0.1, -0.05) is 36.4 Å². The zero-order chi connectivity index (χ0) is 15.9. The highest BCUT2D eigenvalue weighted by Crippen LogP contribution is 2.43. The second kappa shape index (κ2) is 5.20. The SMILES string of the molecule is C1=CC2Nc3nccc(-c4cccc(-n5ccnc5)c4)c3C2C=C1. The molecule has 0 bridgehead atoms. The summed E-state index contributed by atoms with van der Waals surface area (Å²) in [5.41, 5.74) is 4.83. The first-order valence-corrected chi connectivity index (χ1v) is 8.09. The lowest BCUT2D eigenvalue weighted by molar-refractivity contribution is 0.806. The van der Waals surface area contributed by atoms with E-state index in [1.54, 1.807) is 6.20 Å². The van der Waals surface area contributed by atoms with Crippen LogP contribution < -0.4 is 5.32 Å². The molecule has 24 heavy (non-hydrogen) atoms. The highest BCUT2D eigenvalue weighted by atomic mass is 15.1. The Kier molecular flexibility index (Phi) is 2.88. The monoisotopic (exact) mass is 312 g/mol. The standard InChI is InChI=1S/C20H16N4/c1-2-7-18-17(6-1)19-16(8-9-22-20(19)23-18)14-4-3-5-15(12-14)24-11-10-21-13-24/h1-13,17-18H,(H,22,23). The molecule has 2 atom stereocenters. The number of aromatic nitrogens is 3. The van der Waals surface area contributed by atoms with Crippen LogP contribution in [0.3, 0.4) is 0 Å². The van der Waals surface area contributed by atoms with E-state index in [9.17, 15) is 0 Å². The molecule has 116 valence electrons. The van der Waals surface area contributed by atoms with Gasteiger partial charge >= 0.3 is 0 Å². The third-order valence-electron chi connectivity index (χ3n) is 4.72. The predicted molar refractivity (Wildman–Crippen MR) is 95.2 cm³/mol. The lowest BCUT2D eigenvalue weighted by Gasteiger charge is -2.17. The van der Waals surface area contributed by atoms with E-state index in [2.05, 4.69) is 69.9 Å². The summed E-state index contributed by atoms with van der Waals surface area (Å²) in [6.07, 6.45) is 16.1. The van der Waals surface area contributed by atoms with Gasteiger partial charge in [-0.05, 0) is 29.3 Å².